The molecule has 2 N–H and O–H groups in total. The molecule has 0 aliphatic rings. The van der Waals surface area contributed by atoms with Crippen LogP contribution < -0.4 is 5.32 Å². The van der Waals surface area contributed by atoms with Crippen LogP contribution in [0.25, 0.3) is 10.6 Å². The Morgan fingerprint density at radius 3 is 2.88 bits per heavy atom. The van der Waals surface area contributed by atoms with Crippen molar-refractivity contribution in [1.29, 1.82) is 5.26 Å². The van der Waals surface area contributed by atoms with Gasteiger partial charge in [0, 0.05) is 18.2 Å². The molecule has 0 aliphatic carbocycles. The van der Waals surface area contributed by atoms with Crippen molar-refractivity contribution in [3.8, 4) is 28.5 Å². The Balaban J connectivity index is 2.41. The van der Waals surface area contributed by atoms with E-state index in [2.05, 4.69) is 26.5 Å². The highest BCUT2D eigenvalue weighted by atomic mass is 32.1. The van der Waals surface area contributed by atoms with E-state index in [-0.39, 0.29) is 22.8 Å². The van der Waals surface area contributed by atoms with Crippen LogP contribution in [0, 0.1) is 29.0 Å². The number of aliphatic hydroxyl groups is 1. The van der Waals surface area contributed by atoms with Crippen LogP contribution in [0.1, 0.15) is 24.7 Å². The number of nitrogens with one attached hydrogen (secondary N) is 1. The lowest BCUT2D eigenvalue weighted by Gasteiger charge is -2.17. The van der Waals surface area contributed by atoms with E-state index in [1.807, 2.05) is 0 Å². The molecule has 0 fully saturated rings. The largest absolute Gasteiger partial charge is 0.369 e. The summed E-state index contributed by atoms with van der Waals surface area (Å²) < 4.78 is 17.8. The van der Waals surface area contributed by atoms with E-state index in [9.17, 15) is 14.3 Å². The zero-order valence-electron chi connectivity index (χ0n) is 12.9. The average molecular weight is 344 g/mol. The molecule has 0 unspecified atom stereocenters. The molecule has 0 bridgehead atoms. The van der Waals surface area contributed by atoms with E-state index < -0.39 is 17.3 Å². The fourth-order valence-electron chi connectivity index (χ4n) is 1.83. The third kappa shape index (κ3) is 3.57. The van der Waals surface area contributed by atoms with Gasteiger partial charge in [0.25, 0.3) is 5.91 Å². The Morgan fingerprint density at radius 1 is 1.54 bits per heavy atom. The number of amides is 1. The zero-order valence-corrected chi connectivity index (χ0v) is 13.7. The van der Waals surface area contributed by atoms with Crippen molar-refractivity contribution in [2.75, 3.05) is 7.05 Å². The number of carbonyl (C=O) groups is 1. The van der Waals surface area contributed by atoms with Crippen molar-refractivity contribution in [1.82, 2.24) is 14.7 Å². The number of nitriles is 1. The van der Waals surface area contributed by atoms with Crippen molar-refractivity contribution in [2.45, 2.75) is 18.9 Å². The second-order valence-corrected chi connectivity index (χ2v) is 5.52. The van der Waals surface area contributed by atoms with Crippen LogP contribution in [0.5, 0.6) is 0 Å². The summed E-state index contributed by atoms with van der Waals surface area (Å²) in [5.41, 5.74) is -1.27. The first-order chi connectivity index (χ1) is 11.4. The van der Waals surface area contributed by atoms with E-state index in [1.165, 1.54) is 25.2 Å². The van der Waals surface area contributed by atoms with E-state index in [0.717, 1.165) is 11.5 Å². The molecule has 24 heavy (non-hydrogen) atoms. The Kier molecular flexibility index (Phi) is 5.24. The number of hydrogen-bond acceptors (Lipinski definition) is 6. The van der Waals surface area contributed by atoms with Crippen LogP contribution in [0.2, 0.25) is 0 Å². The number of benzene rings is 1. The third-order valence-corrected chi connectivity index (χ3v) is 4.00. The fraction of sp³-hybridized carbons (Fsp3) is 0.250. The molecule has 0 spiro atoms. The fourth-order valence-corrected chi connectivity index (χ4v) is 2.47. The van der Waals surface area contributed by atoms with Gasteiger partial charge in [0.2, 0.25) is 11.4 Å². The molecule has 1 atom stereocenters. The monoisotopic (exact) mass is 344 g/mol. The number of likely N-dealkylation sites (N-methyl/N-ethyl adjacent to an activating group) is 1. The van der Waals surface area contributed by atoms with Gasteiger partial charge in [-0.3, -0.25) is 4.79 Å². The smallest absolute Gasteiger partial charge is 0.264 e. The van der Waals surface area contributed by atoms with Crippen LogP contribution in [0.3, 0.4) is 0 Å². The molecule has 1 amide bonds. The second kappa shape index (κ2) is 7.18. The van der Waals surface area contributed by atoms with E-state index >= 15 is 0 Å². The third-order valence-electron chi connectivity index (χ3n) is 3.25. The Labute approximate surface area is 142 Å². The van der Waals surface area contributed by atoms with Crippen molar-refractivity contribution >= 4 is 17.4 Å². The number of hydrogen-bond donors (Lipinski definition) is 2. The van der Waals surface area contributed by atoms with Crippen LogP contribution in [-0.2, 0) is 4.79 Å². The normalized spacial score (nSPS) is 12.5. The highest BCUT2D eigenvalue weighted by molar-refractivity contribution is 7.09. The van der Waals surface area contributed by atoms with E-state index in [1.54, 1.807) is 13.0 Å². The van der Waals surface area contributed by atoms with Gasteiger partial charge in [-0.15, -0.1) is 0 Å². The van der Waals surface area contributed by atoms with Gasteiger partial charge in [-0.1, -0.05) is 18.8 Å². The topological polar surface area (TPSA) is 98.9 Å². The minimum atomic E-state index is -1.82. The summed E-state index contributed by atoms with van der Waals surface area (Å²) >= 11 is 0.901. The van der Waals surface area contributed by atoms with Gasteiger partial charge in [0.1, 0.15) is 16.9 Å². The summed E-state index contributed by atoms with van der Waals surface area (Å²) in [6, 6.07) is 5.85. The zero-order chi connectivity index (χ0) is 17.7. The Hall–Kier alpha value is -2.81. The van der Waals surface area contributed by atoms with Gasteiger partial charge in [-0.2, -0.15) is 9.64 Å². The maximum Gasteiger partial charge on any atom is 0.264 e. The van der Waals surface area contributed by atoms with Crippen molar-refractivity contribution in [2.24, 2.45) is 0 Å². The second-order valence-electron chi connectivity index (χ2n) is 4.77. The molecule has 0 radical (unpaired) electrons. The lowest BCUT2D eigenvalue weighted by molar-refractivity contribution is -0.134. The van der Waals surface area contributed by atoms with Gasteiger partial charge < -0.3 is 10.4 Å². The van der Waals surface area contributed by atoms with Crippen LogP contribution in [0.4, 0.5) is 4.39 Å². The van der Waals surface area contributed by atoms with Crippen LogP contribution in [0.15, 0.2) is 18.2 Å². The van der Waals surface area contributed by atoms with E-state index in [0.29, 0.717) is 5.56 Å². The standard InChI is InChI=1S/C16H13FN4O2S/c1-3-16(23,15(22)19-2)7-6-10-4-5-12(17)11(8-10)14-20-13(9-18)21-24-14/h4-5,8,23H,3H2,1-2H3,(H,19,22)/t16-/m1/s1. The van der Waals surface area contributed by atoms with Crippen LogP contribution >= 0.6 is 11.5 Å². The predicted molar refractivity (Wildman–Crippen MR) is 86.2 cm³/mol. The molecular formula is C16H13FN4O2S. The summed E-state index contributed by atoms with van der Waals surface area (Å²) in [4.78, 5) is 15.6. The highest BCUT2D eigenvalue weighted by Gasteiger charge is 2.30. The SMILES string of the molecule is CC[C@@](O)(C#Cc1ccc(F)c(-c2nc(C#N)ns2)c1)C(=O)NC. The summed E-state index contributed by atoms with van der Waals surface area (Å²) in [7, 11) is 1.41. The highest BCUT2D eigenvalue weighted by Crippen LogP contribution is 2.25. The van der Waals surface area contributed by atoms with Crippen molar-refractivity contribution in [3.05, 3.63) is 35.4 Å². The van der Waals surface area contributed by atoms with Crippen LogP contribution in [-0.4, -0.2) is 33.0 Å². The molecule has 122 valence electrons. The number of nitrogens with zero attached hydrogens (tertiary/aromatic N) is 3. The first kappa shape index (κ1) is 17.5. The van der Waals surface area contributed by atoms with E-state index in [4.69, 9.17) is 5.26 Å². The first-order valence-electron chi connectivity index (χ1n) is 6.95. The molecule has 2 aromatic rings. The van der Waals surface area contributed by atoms with Gasteiger partial charge in [-0.25, -0.2) is 9.37 Å². The molecular weight excluding hydrogens is 331 g/mol. The number of halogens is 1. The molecule has 2 rings (SSSR count). The Morgan fingerprint density at radius 2 is 2.29 bits per heavy atom. The molecule has 6 nitrogen and oxygen atoms in total. The summed E-state index contributed by atoms with van der Waals surface area (Å²) in [6.45, 7) is 1.63. The predicted octanol–water partition coefficient (Wildman–Crippen LogP) is 1.45. The minimum absolute atomic E-state index is 0.0362. The molecule has 8 heteroatoms. The molecule has 1 aromatic heterocycles. The molecule has 0 aliphatic heterocycles. The number of aromatic nitrogens is 2. The number of carbonyl (C=O) groups excluding carboxylic acids is 1. The lowest BCUT2D eigenvalue weighted by Crippen LogP contribution is -2.43. The summed E-state index contributed by atoms with van der Waals surface area (Å²) in [6.07, 6.45) is 0.107. The van der Waals surface area contributed by atoms with Gasteiger partial charge in [-0.05, 0) is 36.2 Å². The first-order valence-corrected chi connectivity index (χ1v) is 7.72. The summed E-state index contributed by atoms with van der Waals surface area (Å²) in [5.74, 6) is 4.01. The van der Waals surface area contributed by atoms with Crippen molar-refractivity contribution in [3.63, 3.8) is 0 Å². The van der Waals surface area contributed by atoms with Gasteiger partial charge in [0.15, 0.2) is 0 Å². The number of rotatable bonds is 3. The lowest BCUT2D eigenvalue weighted by atomic mass is 9.99. The van der Waals surface area contributed by atoms with Crippen molar-refractivity contribution < 1.29 is 14.3 Å². The molecule has 1 heterocycles. The quantitative estimate of drug-likeness (QED) is 0.821. The molecule has 0 saturated carbocycles. The van der Waals surface area contributed by atoms with Gasteiger partial charge in [0.05, 0.1) is 0 Å². The summed E-state index contributed by atoms with van der Waals surface area (Å²) in [5, 5.41) is 21.6. The molecule has 1 aromatic carbocycles. The maximum atomic E-state index is 14.0. The Bertz CT molecular complexity index is 878. The molecule has 0 saturated heterocycles. The maximum absolute atomic E-state index is 14.0. The average Bonchev–Trinajstić information content (AvgIpc) is 3.08. The van der Waals surface area contributed by atoms with Gasteiger partial charge >= 0.3 is 0 Å². The minimum Gasteiger partial charge on any atom is -0.369 e.